The number of likely N-dealkylation sites (tertiary alicyclic amines) is 1. The highest BCUT2D eigenvalue weighted by atomic mass is 16.5. The lowest BCUT2D eigenvalue weighted by Crippen LogP contribution is -2.50. The normalized spacial score (nSPS) is 22.4. The van der Waals surface area contributed by atoms with E-state index in [-0.39, 0.29) is 37.4 Å². The monoisotopic (exact) mass is 462 g/mol. The number of benzene rings is 2. The van der Waals surface area contributed by atoms with Crippen LogP contribution in [0.3, 0.4) is 0 Å². The van der Waals surface area contributed by atoms with Crippen molar-refractivity contribution in [2.75, 3.05) is 26.2 Å². The van der Waals surface area contributed by atoms with Crippen LogP contribution in [0.15, 0.2) is 48.5 Å². The quantitative estimate of drug-likeness (QED) is 0.679. The Morgan fingerprint density at radius 2 is 1.65 bits per heavy atom. The van der Waals surface area contributed by atoms with Gasteiger partial charge in [0, 0.05) is 25.6 Å². The minimum absolute atomic E-state index is 0.0162. The number of carboxylic acids is 1. The van der Waals surface area contributed by atoms with Crippen LogP contribution in [0.25, 0.3) is 11.1 Å². The van der Waals surface area contributed by atoms with Crippen molar-refractivity contribution < 1.29 is 24.2 Å². The molecule has 2 aromatic rings. The molecule has 0 radical (unpaired) electrons. The predicted molar refractivity (Wildman–Crippen MR) is 126 cm³/mol. The van der Waals surface area contributed by atoms with E-state index in [1.165, 1.54) is 11.1 Å². The van der Waals surface area contributed by atoms with Crippen molar-refractivity contribution in [2.24, 2.45) is 17.3 Å². The van der Waals surface area contributed by atoms with Gasteiger partial charge in [-0.15, -0.1) is 0 Å². The van der Waals surface area contributed by atoms with Crippen molar-refractivity contribution in [1.82, 2.24) is 10.2 Å². The molecule has 1 heterocycles. The van der Waals surface area contributed by atoms with Crippen molar-refractivity contribution in [3.63, 3.8) is 0 Å². The maximum atomic E-state index is 13.2. The van der Waals surface area contributed by atoms with Crippen LogP contribution < -0.4 is 5.32 Å². The molecule has 1 saturated carbocycles. The van der Waals surface area contributed by atoms with Crippen LogP contribution in [-0.2, 0) is 14.3 Å². The third-order valence-electron chi connectivity index (χ3n) is 7.52. The molecule has 1 saturated heterocycles. The highest BCUT2D eigenvalue weighted by Gasteiger charge is 2.53. The first-order valence-corrected chi connectivity index (χ1v) is 12.0. The SMILES string of the molecule is CC1CC(C(=O)O)CN(C(=O)C2(CNC(=O)OCC3c4ccccc4-c4ccccc43)CC2)C1. The van der Waals surface area contributed by atoms with Crippen LogP contribution in [0.1, 0.15) is 43.2 Å². The highest BCUT2D eigenvalue weighted by Crippen LogP contribution is 2.48. The molecule has 34 heavy (non-hydrogen) atoms. The van der Waals surface area contributed by atoms with E-state index in [9.17, 15) is 19.5 Å². The van der Waals surface area contributed by atoms with E-state index in [2.05, 4.69) is 29.6 Å². The molecule has 5 rings (SSSR count). The summed E-state index contributed by atoms with van der Waals surface area (Å²) < 4.78 is 5.60. The number of fused-ring (bicyclic) bond motifs is 3. The van der Waals surface area contributed by atoms with Gasteiger partial charge in [-0.1, -0.05) is 55.5 Å². The lowest BCUT2D eigenvalue weighted by atomic mass is 9.89. The molecule has 7 nitrogen and oxygen atoms in total. The van der Waals surface area contributed by atoms with Crippen molar-refractivity contribution in [1.29, 1.82) is 0 Å². The number of nitrogens with one attached hydrogen (secondary N) is 1. The number of hydrogen-bond acceptors (Lipinski definition) is 4. The molecule has 0 aromatic heterocycles. The largest absolute Gasteiger partial charge is 0.481 e. The average Bonchev–Trinajstić information content (AvgIpc) is 3.57. The van der Waals surface area contributed by atoms with Crippen LogP contribution in [-0.4, -0.2) is 54.2 Å². The van der Waals surface area contributed by atoms with E-state index in [0.717, 1.165) is 11.1 Å². The van der Waals surface area contributed by atoms with Gasteiger partial charge in [0.15, 0.2) is 0 Å². The van der Waals surface area contributed by atoms with E-state index >= 15 is 0 Å². The molecule has 3 aliphatic rings. The minimum Gasteiger partial charge on any atom is -0.481 e. The van der Waals surface area contributed by atoms with Crippen molar-refractivity contribution in [3.05, 3.63) is 59.7 Å². The van der Waals surface area contributed by atoms with Gasteiger partial charge in [0.1, 0.15) is 6.61 Å². The Kier molecular flexibility index (Phi) is 5.80. The Morgan fingerprint density at radius 1 is 1.03 bits per heavy atom. The molecule has 2 N–H and O–H groups in total. The molecule has 7 heteroatoms. The first-order valence-electron chi connectivity index (χ1n) is 12.0. The standard InChI is InChI=1S/C27H30N2O5/c1-17-12-18(24(30)31)14-29(13-17)25(32)27(10-11-27)16-28-26(33)34-15-23-21-8-4-2-6-19(21)20-7-3-5-9-22(20)23/h2-9,17-18,23H,10-16H2,1H3,(H,28,33)(H,30,31). The van der Waals surface area contributed by atoms with Gasteiger partial charge in [-0.3, -0.25) is 9.59 Å². The van der Waals surface area contributed by atoms with Crippen LogP contribution in [0.5, 0.6) is 0 Å². The molecule has 2 aromatic carbocycles. The number of amides is 2. The summed E-state index contributed by atoms with van der Waals surface area (Å²) >= 11 is 0. The van der Waals surface area contributed by atoms with Gasteiger partial charge in [-0.05, 0) is 47.4 Å². The fraction of sp³-hybridized carbons (Fsp3) is 0.444. The van der Waals surface area contributed by atoms with E-state index in [4.69, 9.17) is 4.74 Å². The lowest BCUT2D eigenvalue weighted by Gasteiger charge is -2.36. The molecule has 2 aliphatic carbocycles. The molecule has 2 atom stereocenters. The summed E-state index contributed by atoms with van der Waals surface area (Å²) in [5.74, 6) is -1.31. The number of hydrogen-bond donors (Lipinski definition) is 2. The van der Waals surface area contributed by atoms with E-state index in [1.807, 2.05) is 31.2 Å². The maximum Gasteiger partial charge on any atom is 0.407 e. The number of carboxylic acid groups (broad SMARTS) is 1. The Balaban J connectivity index is 1.18. The number of piperidine rings is 1. The minimum atomic E-state index is -0.856. The van der Waals surface area contributed by atoms with Gasteiger partial charge in [-0.25, -0.2) is 4.79 Å². The fourth-order valence-corrected chi connectivity index (χ4v) is 5.54. The Hall–Kier alpha value is -3.35. The second-order valence-electron chi connectivity index (χ2n) is 10.0. The smallest absolute Gasteiger partial charge is 0.407 e. The second-order valence-corrected chi connectivity index (χ2v) is 10.0. The predicted octanol–water partition coefficient (Wildman–Crippen LogP) is 3.87. The summed E-state index contributed by atoms with van der Waals surface area (Å²) in [4.78, 5) is 38.9. The maximum absolute atomic E-state index is 13.2. The molecule has 0 spiro atoms. The number of rotatable bonds is 6. The summed E-state index contributed by atoms with van der Waals surface area (Å²) in [6, 6.07) is 16.3. The van der Waals surface area contributed by atoms with Crippen LogP contribution in [0.2, 0.25) is 0 Å². The fourth-order valence-electron chi connectivity index (χ4n) is 5.54. The zero-order valence-electron chi connectivity index (χ0n) is 19.3. The zero-order chi connectivity index (χ0) is 23.9. The topological polar surface area (TPSA) is 95.9 Å². The third kappa shape index (κ3) is 4.15. The molecular formula is C27H30N2O5. The summed E-state index contributed by atoms with van der Waals surface area (Å²) in [5, 5.41) is 12.2. The molecule has 0 bridgehead atoms. The number of alkyl carbamates (subject to hydrolysis) is 1. The number of aliphatic carboxylic acids is 1. The van der Waals surface area contributed by atoms with Gasteiger partial charge in [-0.2, -0.15) is 0 Å². The van der Waals surface area contributed by atoms with Gasteiger partial charge in [0.05, 0.1) is 11.3 Å². The number of ether oxygens (including phenoxy) is 1. The second kappa shape index (κ2) is 8.78. The Labute approximate surface area is 199 Å². The Morgan fingerprint density at radius 3 is 2.24 bits per heavy atom. The number of carbonyl (C=O) groups excluding carboxylic acids is 2. The van der Waals surface area contributed by atoms with Gasteiger partial charge < -0.3 is 20.1 Å². The summed E-state index contributed by atoms with van der Waals surface area (Å²) in [6.07, 6.45) is 1.44. The van der Waals surface area contributed by atoms with Gasteiger partial charge in [0.25, 0.3) is 0 Å². The van der Waals surface area contributed by atoms with Crippen LogP contribution in [0, 0.1) is 17.3 Å². The summed E-state index contributed by atoms with van der Waals surface area (Å²) in [5.41, 5.74) is 4.01. The first-order chi connectivity index (χ1) is 16.4. The van der Waals surface area contributed by atoms with Crippen LogP contribution in [0.4, 0.5) is 4.79 Å². The molecule has 2 amide bonds. The van der Waals surface area contributed by atoms with E-state index < -0.39 is 23.4 Å². The summed E-state index contributed by atoms with van der Waals surface area (Å²) in [7, 11) is 0. The van der Waals surface area contributed by atoms with Gasteiger partial charge >= 0.3 is 12.1 Å². The Bertz CT molecular complexity index is 1080. The molecule has 2 unspecified atom stereocenters. The van der Waals surface area contributed by atoms with E-state index in [1.54, 1.807) is 4.90 Å². The highest BCUT2D eigenvalue weighted by molar-refractivity contribution is 5.87. The van der Waals surface area contributed by atoms with Crippen molar-refractivity contribution >= 4 is 18.0 Å². The molecular weight excluding hydrogens is 432 g/mol. The number of nitrogens with zero attached hydrogens (tertiary/aromatic N) is 1. The molecule has 2 fully saturated rings. The molecule has 178 valence electrons. The third-order valence-corrected chi connectivity index (χ3v) is 7.52. The van der Waals surface area contributed by atoms with E-state index in [0.29, 0.717) is 25.8 Å². The lowest BCUT2D eigenvalue weighted by molar-refractivity contribution is -0.148. The van der Waals surface area contributed by atoms with Crippen molar-refractivity contribution in [3.8, 4) is 11.1 Å². The average molecular weight is 463 g/mol. The summed E-state index contributed by atoms with van der Waals surface area (Å²) in [6.45, 7) is 3.22. The number of carbonyl (C=O) groups is 3. The van der Waals surface area contributed by atoms with Crippen LogP contribution >= 0.6 is 0 Å². The first kappa shape index (κ1) is 22.4. The zero-order valence-corrected chi connectivity index (χ0v) is 19.3. The van der Waals surface area contributed by atoms with Crippen molar-refractivity contribution in [2.45, 2.75) is 32.1 Å². The molecule has 1 aliphatic heterocycles. The van der Waals surface area contributed by atoms with Gasteiger partial charge in [0.2, 0.25) is 5.91 Å².